The summed E-state index contributed by atoms with van der Waals surface area (Å²) in [4.78, 5) is 0. The summed E-state index contributed by atoms with van der Waals surface area (Å²) >= 11 is 0. The van der Waals surface area contributed by atoms with Gasteiger partial charge in [0, 0.05) is 11.0 Å². The van der Waals surface area contributed by atoms with Crippen molar-refractivity contribution in [2.45, 2.75) is 11.8 Å². The van der Waals surface area contributed by atoms with Crippen LogP contribution in [0.25, 0.3) is 0 Å². The molecule has 1 atom stereocenters. The minimum atomic E-state index is -0.366. The summed E-state index contributed by atoms with van der Waals surface area (Å²) in [6.45, 7) is 0. The van der Waals surface area contributed by atoms with E-state index in [-0.39, 0.29) is 22.7 Å². The lowest BCUT2D eigenvalue weighted by Gasteiger charge is -2.45. The van der Waals surface area contributed by atoms with E-state index >= 15 is 0 Å². The van der Waals surface area contributed by atoms with Crippen LogP contribution in [0.15, 0.2) is 66.7 Å². The first-order chi connectivity index (χ1) is 11.1. The van der Waals surface area contributed by atoms with E-state index in [1.807, 2.05) is 36.4 Å². The summed E-state index contributed by atoms with van der Waals surface area (Å²) in [5, 5.41) is 29.4. The van der Waals surface area contributed by atoms with Crippen LogP contribution >= 0.6 is 0 Å². The molecule has 0 aromatic heterocycles. The van der Waals surface area contributed by atoms with Gasteiger partial charge in [-0.15, -0.1) is 0 Å². The zero-order valence-electron chi connectivity index (χ0n) is 12.4. The van der Waals surface area contributed by atoms with E-state index in [0.29, 0.717) is 6.42 Å². The Labute approximate surface area is 134 Å². The standard InChI is InChI=1S/C20H16O3/c21-15-8-6-14(7-9-15)20(13-4-2-1-3-5-13)12-16-17(20)10-11-18(22)19(16)23/h1-11,21-23H,12H2. The third-order valence-corrected chi connectivity index (χ3v) is 4.79. The van der Waals surface area contributed by atoms with E-state index < -0.39 is 0 Å². The minimum absolute atomic E-state index is 0.0344. The van der Waals surface area contributed by atoms with Gasteiger partial charge < -0.3 is 15.3 Å². The fraction of sp³-hybridized carbons (Fsp3) is 0.100. The maximum Gasteiger partial charge on any atom is 0.161 e. The number of hydrogen-bond donors (Lipinski definition) is 3. The third kappa shape index (κ3) is 1.83. The smallest absolute Gasteiger partial charge is 0.161 e. The van der Waals surface area contributed by atoms with E-state index in [0.717, 1.165) is 22.3 Å². The van der Waals surface area contributed by atoms with Gasteiger partial charge in [0.25, 0.3) is 0 Å². The highest BCUT2D eigenvalue weighted by Crippen LogP contribution is 2.55. The summed E-state index contributed by atoms with van der Waals surface area (Å²) in [5.41, 5.74) is 3.59. The van der Waals surface area contributed by atoms with Crippen molar-refractivity contribution in [2.24, 2.45) is 0 Å². The van der Waals surface area contributed by atoms with Gasteiger partial charge in [-0.05, 0) is 41.3 Å². The molecule has 1 aliphatic carbocycles. The molecule has 23 heavy (non-hydrogen) atoms. The second-order valence-corrected chi connectivity index (χ2v) is 5.95. The Balaban J connectivity index is 1.97. The number of fused-ring (bicyclic) bond motifs is 1. The first kappa shape index (κ1) is 13.7. The molecule has 0 saturated heterocycles. The molecule has 1 unspecified atom stereocenters. The molecule has 0 bridgehead atoms. The Morgan fingerprint density at radius 1 is 0.696 bits per heavy atom. The minimum Gasteiger partial charge on any atom is -0.508 e. The van der Waals surface area contributed by atoms with Gasteiger partial charge in [0.05, 0.1) is 0 Å². The summed E-state index contributed by atoms with van der Waals surface area (Å²) in [6, 6.07) is 20.7. The van der Waals surface area contributed by atoms with E-state index in [2.05, 4.69) is 12.1 Å². The summed E-state index contributed by atoms with van der Waals surface area (Å²) in [7, 11) is 0. The van der Waals surface area contributed by atoms with Gasteiger partial charge in [-0.3, -0.25) is 0 Å². The number of phenols is 3. The maximum atomic E-state index is 10.1. The Bertz CT molecular complexity index is 869. The molecule has 114 valence electrons. The Morgan fingerprint density at radius 3 is 2.04 bits per heavy atom. The number of phenolic OH excluding ortho intramolecular Hbond substituents is 3. The molecule has 4 rings (SSSR count). The molecule has 0 fully saturated rings. The molecule has 0 radical (unpaired) electrons. The van der Waals surface area contributed by atoms with Crippen molar-refractivity contribution >= 4 is 0 Å². The number of benzene rings is 3. The molecule has 3 aromatic rings. The van der Waals surface area contributed by atoms with Gasteiger partial charge >= 0.3 is 0 Å². The van der Waals surface area contributed by atoms with Crippen molar-refractivity contribution in [3.8, 4) is 17.2 Å². The second-order valence-electron chi connectivity index (χ2n) is 5.95. The molecular weight excluding hydrogens is 288 g/mol. The monoisotopic (exact) mass is 304 g/mol. The van der Waals surface area contributed by atoms with Crippen molar-refractivity contribution in [3.05, 3.63) is 89.0 Å². The molecule has 0 saturated carbocycles. The molecular formula is C20H16O3. The number of hydrogen-bond acceptors (Lipinski definition) is 3. The second kappa shape index (κ2) is 4.78. The van der Waals surface area contributed by atoms with Gasteiger partial charge in [0.15, 0.2) is 11.5 Å². The van der Waals surface area contributed by atoms with E-state index in [9.17, 15) is 15.3 Å². The number of rotatable bonds is 2. The van der Waals surface area contributed by atoms with Crippen molar-refractivity contribution in [1.82, 2.24) is 0 Å². The summed E-state index contributed by atoms with van der Waals surface area (Å²) < 4.78 is 0. The summed E-state index contributed by atoms with van der Waals surface area (Å²) in [5.74, 6) is 0.106. The SMILES string of the molecule is Oc1ccc(C2(c3ccccc3)Cc3c2ccc(O)c3O)cc1. The van der Waals surface area contributed by atoms with E-state index in [1.54, 1.807) is 12.1 Å². The largest absolute Gasteiger partial charge is 0.508 e. The van der Waals surface area contributed by atoms with Crippen LogP contribution in [0, 0.1) is 0 Å². The highest BCUT2D eigenvalue weighted by atomic mass is 16.3. The van der Waals surface area contributed by atoms with Crippen LogP contribution in [0.1, 0.15) is 22.3 Å². The predicted molar refractivity (Wildman–Crippen MR) is 87.9 cm³/mol. The molecule has 3 aromatic carbocycles. The van der Waals surface area contributed by atoms with Crippen LogP contribution in [0.4, 0.5) is 0 Å². The molecule has 0 amide bonds. The third-order valence-electron chi connectivity index (χ3n) is 4.79. The van der Waals surface area contributed by atoms with Crippen LogP contribution in [0.5, 0.6) is 17.2 Å². The van der Waals surface area contributed by atoms with Crippen LogP contribution < -0.4 is 0 Å². The van der Waals surface area contributed by atoms with Gasteiger partial charge in [-0.1, -0.05) is 48.5 Å². The fourth-order valence-corrected chi connectivity index (χ4v) is 3.61. The molecule has 3 N–H and O–H groups in total. The van der Waals surface area contributed by atoms with Crippen LogP contribution in [-0.4, -0.2) is 15.3 Å². The van der Waals surface area contributed by atoms with Gasteiger partial charge in [0.2, 0.25) is 0 Å². The van der Waals surface area contributed by atoms with Crippen LogP contribution in [-0.2, 0) is 11.8 Å². The average Bonchev–Trinajstić information content (AvgIpc) is 2.55. The Hall–Kier alpha value is -2.94. The quantitative estimate of drug-likeness (QED) is 0.633. The lowest BCUT2D eigenvalue weighted by atomic mass is 9.57. The highest BCUT2D eigenvalue weighted by molar-refractivity contribution is 5.67. The Morgan fingerprint density at radius 2 is 1.35 bits per heavy atom. The molecule has 1 aliphatic rings. The molecule has 3 nitrogen and oxygen atoms in total. The van der Waals surface area contributed by atoms with Crippen LogP contribution in [0.3, 0.4) is 0 Å². The van der Waals surface area contributed by atoms with E-state index in [1.165, 1.54) is 6.07 Å². The van der Waals surface area contributed by atoms with E-state index in [4.69, 9.17) is 0 Å². The van der Waals surface area contributed by atoms with Crippen molar-refractivity contribution < 1.29 is 15.3 Å². The average molecular weight is 304 g/mol. The maximum absolute atomic E-state index is 10.1. The van der Waals surface area contributed by atoms with Gasteiger partial charge in [-0.2, -0.15) is 0 Å². The number of aromatic hydroxyl groups is 3. The van der Waals surface area contributed by atoms with Crippen molar-refractivity contribution in [2.75, 3.05) is 0 Å². The molecule has 0 spiro atoms. The lowest BCUT2D eigenvalue weighted by Crippen LogP contribution is -2.41. The first-order valence-corrected chi connectivity index (χ1v) is 7.52. The van der Waals surface area contributed by atoms with Crippen LogP contribution in [0.2, 0.25) is 0 Å². The topological polar surface area (TPSA) is 60.7 Å². The highest BCUT2D eigenvalue weighted by Gasteiger charge is 2.47. The van der Waals surface area contributed by atoms with Crippen molar-refractivity contribution in [3.63, 3.8) is 0 Å². The van der Waals surface area contributed by atoms with Gasteiger partial charge in [-0.25, -0.2) is 0 Å². The van der Waals surface area contributed by atoms with Gasteiger partial charge in [0.1, 0.15) is 5.75 Å². The predicted octanol–water partition coefficient (Wildman–Crippen LogP) is 3.69. The molecule has 3 heteroatoms. The van der Waals surface area contributed by atoms with Crippen molar-refractivity contribution in [1.29, 1.82) is 0 Å². The first-order valence-electron chi connectivity index (χ1n) is 7.52. The molecule has 0 aliphatic heterocycles. The Kier molecular flexibility index (Phi) is 2.85. The fourth-order valence-electron chi connectivity index (χ4n) is 3.61. The zero-order valence-corrected chi connectivity index (χ0v) is 12.4. The summed E-state index contributed by atoms with van der Waals surface area (Å²) in [6.07, 6.45) is 0.608. The zero-order chi connectivity index (χ0) is 16.0. The lowest BCUT2D eigenvalue weighted by molar-refractivity contribution is 0.384. The molecule has 0 heterocycles. The normalized spacial score (nSPS) is 19.0.